The van der Waals surface area contributed by atoms with Crippen molar-refractivity contribution in [2.75, 3.05) is 13.1 Å². The van der Waals surface area contributed by atoms with E-state index in [1.807, 2.05) is 16.8 Å². The number of thiazole rings is 1. The molecule has 5 nitrogen and oxygen atoms in total. The van der Waals surface area contributed by atoms with Crippen LogP contribution in [0.25, 0.3) is 10.6 Å². The van der Waals surface area contributed by atoms with Crippen LogP contribution in [-0.2, 0) is 4.79 Å². The number of carbonyl (C=O) groups is 2. The molecule has 0 aliphatic heterocycles. The fourth-order valence-corrected chi connectivity index (χ4v) is 3.55. The average molecular weight is 322 g/mol. The highest BCUT2D eigenvalue weighted by atomic mass is 32.1. The molecule has 2 aromatic heterocycles. The summed E-state index contributed by atoms with van der Waals surface area (Å²) in [4.78, 5) is 29.1. The number of amides is 1. The van der Waals surface area contributed by atoms with Gasteiger partial charge < -0.3 is 10.0 Å². The molecule has 1 N–H and O–H groups in total. The molecule has 0 bridgehead atoms. The van der Waals surface area contributed by atoms with Gasteiger partial charge in [-0.05, 0) is 30.2 Å². The van der Waals surface area contributed by atoms with Crippen LogP contribution in [0.4, 0.5) is 0 Å². The number of hydrogen-bond donors (Lipinski definition) is 1. The van der Waals surface area contributed by atoms with E-state index in [1.165, 1.54) is 16.2 Å². The van der Waals surface area contributed by atoms with E-state index >= 15 is 0 Å². The Hall–Kier alpha value is -1.73. The molecule has 0 unspecified atom stereocenters. The molecular formula is C14H14N2O3S2. The lowest BCUT2D eigenvalue weighted by Gasteiger charge is -2.19. The molecule has 3 rings (SSSR count). The van der Waals surface area contributed by atoms with E-state index in [2.05, 4.69) is 4.98 Å². The summed E-state index contributed by atoms with van der Waals surface area (Å²) in [5.41, 5.74) is 1.33. The van der Waals surface area contributed by atoms with Gasteiger partial charge in [0.25, 0.3) is 5.91 Å². The minimum absolute atomic E-state index is 0.263. The molecule has 0 atom stereocenters. The molecule has 1 fully saturated rings. The van der Waals surface area contributed by atoms with Crippen LogP contribution in [0.15, 0.2) is 22.2 Å². The van der Waals surface area contributed by atoms with Crippen molar-refractivity contribution in [2.24, 2.45) is 5.92 Å². The normalized spacial score (nSPS) is 14.1. The fourth-order valence-electron chi connectivity index (χ4n) is 2.05. The molecule has 0 radical (unpaired) electrons. The summed E-state index contributed by atoms with van der Waals surface area (Å²) < 4.78 is 0. The molecule has 110 valence electrons. The van der Waals surface area contributed by atoms with Crippen LogP contribution < -0.4 is 0 Å². The van der Waals surface area contributed by atoms with Crippen molar-refractivity contribution in [2.45, 2.75) is 12.8 Å². The van der Waals surface area contributed by atoms with E-state index < -0.39 is 5.97 Å². The van der Waals surface area contributed by atoms with Gasteiger partial charge in [-0.1, -0.05) is 0 Å². The van der Waals surface area contributed by atoms with Crippen molar-refractivity contribution in [1.29, 1.82) is 0 Å². The van der Waals surface area contributed by atoms with Gasteiger partial charge >= 0.3 is 5.97 Å². The van der Waals surface area contributed by atoms with Gasteiger partial charge in [-0.25, -0.2) is 4.98 Å². The number of carboxylic acid groups (broad SMARTS) is 1. The number of nitrogens with zero attached hydrogens (tertiary/aromatic N) is 2. The summed E-state index contributed by atoms with van der Waals surface area (Å²) in [7, 11) is 0. The zero-order chi connectivity index (χ0) is 14.8. The van der Waals surface area contributed by atoms with Crippen molar-refractivity contribution in [3.05, 3.63) is 27.9 Å². The van der Waals surface area contributed by atoms with Gasteiger partial charge in [0.2, 0.25) is 0 Å². The van der Waals surface area contributed by atoms with Gasteiger partial charge in [0.05, 0.1) is 0 Å². The van der Waals surface area contributed by atoms with Crippen LogP contribution in [0.2, 0.25) is 0 Å². The lowest BCUT2D eigenvalue weighted by molar-refractivity contribution is -0.137. The minimum atomic E-state index is -0.989. The number of thiophene rings is 1. The maximum Gasteiger partial charge on any atom is 0.323 e. The van der Waals surface area contributed by atoms with Crippen LogP contribution in [-0.4, -0.2) is 40.0 Å². The number of hydrogen-bond acceptors (Lipinski definition) is 5. The van der Waals surface area contributed by atoms with E-state index in [9.17, 15) is 9.59 Å². The average Bonchev–Trinajstić information content (AvgIpc) is 2.96. The highest BCUT2D eigenvalue weighted by Crippen LogP contribution is 2.31. The Balaban J connectivity index is 1.76. The van der Waals surface area contributed by atoms with E-state index in [0.29, 0.717) is 18.2 Å². The van der Waals surface area contributed by atoms with Gasteiger partial charge in [-0.15, -0.1) is 11.3 Å². The number of carboxylic acids is 1. The summed E-state index contributed by atoms with van der Waals surface area (Å²) in [6.45, 7) is 0.247. The van der Waals surface area contributed by atoms with Gasteiger partial charge in [0, 0.05) is 22.9 Å². The molecule has 0 spiro atoms. The van der Waals surface area contributed by atoms with Gasteiger partial charge in [-0.3, -0.25) is 9.59 Å². The van der Waals surface area contributed by atoms with Crippen LogP contribution >= 0.6 is 22.7 Å². The highest BCUT2D eigenvalue weighted by Gasteiger charge is 2.29. The Morgan fingerprint density at radius 3 is 2.81 bits per heavy atom. The summed E-state index contributed by atoms with van der Waals surface area (Å²) in [6.07, 6.45) is 2.14. The molecule has 2 heterocycles. The molecule has 2 aromatic rings. The maximum atomic E-state index is 12.4. The zero-order valence-corrected chi connectivity index (χ0v) is 12.8. The summed E-state index contributed by atoms with van der Waals surface area (Å²) in [6, 6.07) is 1.96. The second kappa shape index (κ2) is 5.95. The third kappa shape index (κ3) is 3.48. The highest BCUT2D eigenvalue weighted by molar-refractivity contribution is 7.14. The zero-order valence-electron chi connectivity index (χ0n) is 11.2. The topological polar surface area (TPSA) is 70.5 Å². The van der Waals surface area contributed by atoms with E-state index in [-0.39, 0.29) is 12.5 Å². The molecule has 21 heavy (non-hydrogen) atoms. The molecular weight excluding hydrogens is 308 g/mol. The van der Waals surface area contributed by atoms with Gasteiger partial charge in [0.15, 0.2) is 0 Å². The smallest absolute Gasteiger partial charge is 0.323 e. The quantitative estimate of drug-likeness (QED) is 0.888. The van der Waals surface area contributed by atoms with Crippen molar-refractivity contribution < 1.29 is 14.7 Å². The fraction of sp³-hybridized carbons (Fsp3) is 0.357. The molecule has 1 aliphatic carbocycles. The molecule has 0 saturated heterocycles. The summed E-state index contributed by atoms with van der Waals surface area (Å²) in [5, 5.41) is 15.4. The Morgan fingerprint density at radius 1 is 1.38 bits per heavy atom. The van der Waals surface area contributed by atoms with Crippen LogP contribution in [0.1, 0.15) is 23.3 Å². The number of rotatable bonds is 6. The first-order valence-electron chi connectivity index (χ1n) is 6.62. The molecule has 0 aromatic carbocycles. The predicted molar refractivity (Wildman–Crippen MR) is 81.7 cm³/mol. The molecule has 1 saturated carbocycles. The lowest BCUT2D eigenvalue weighted by Crippen LogP contribution is -2.37. The monoisotopic (exact) mass is 322 g/mol. The summed E-state index contributed by atoms with van der Waals surface area (Å²) >= 11 is 2.98. The SMILES string of the molecule is O=C(O)CN(CC1CC1)C(=O)c1csc(-c2ccsc2)n1. The van der Waals surface area contributed by atoms with Crippen molar-refractivity contribution in [3.8, 4) is 10.6 Å². The van der Waals surface area contributed by atoms with Crippen molar-refractivity contribution in [3.63, 3.8) is 0 Å². The van der Waals surface area contributed by atoms with Crippen LogP contribution in [0.3, 0.4) is 0 Å². The lowest BCUT2D eigenvalue weighted by atomic mass is 10.3. The van der Waals surface area contributed by atoms with Crippen LogP contribution in [0, 0.1) is 5.92 Å². The molecule has 1 amide bonds. The second-order valence-electron chi connectivity index (χ2n) is 5.07. The van der Waals surface area contributed by atoms with Crippen molar-refractivity contribution >= 4 is 34.6 Å². The molecule has 1 aliphatic rings. The third-order valence-electron chi connectivity index (χ3n) is 3.28. The molecule has 7 heteroatoms. The Bertz CT molecular complexity index is 647. The number of aliphatic carboxylic acids is 1. The number of aromatic nitrogens is 1. The second-order valence-corrected chi connectivity index (χ2v) is 6.71. The third-order valence-corrected chi connectivity index (χ3v) is 4.85. The van der Waals surface area contributed by atoms with E-state index in [1.54, 1.807) is 16.7 Å². The number of carbonyl (C=O) groups excluding carboxylic acids is 1. The van der Waals surface area contributed by atoms with E-state index in [4.69, 9.17) is 5.11 Å². The van der Waals surface area contributed by atoms with Gasteiger partial charge in [-0.2, -0.15) is 11.3 Å². The summed E-state index contributed by atoms with van der Waals surface area (Å²) in [5.74, 6) is -0.831. The maximum absolute atomic E-state index is 12.4. The van der Waals surface area contributed by atoms with E-state index in [0.717, 1.165) is 23.4 Å². The standard InChI is InChI=1S/C14H14N2O3S2/c17-12(18)6-16(5-9-1-2-9)14(19)11-8-21-13(15-11)10-3-4-20-7-10/h3-4,7-9H,1-2,5-6H2,(H,17,18). The first-order chi connectivity index (χ1) is 10.1. The van der Waals surface area contributed by atoms with Crippen molar-refractivity contribution in [1.82, 2.24) is 9.88 Å². The Morgan fingerprint density at radius 2 is 2.19 bits per heavy atom. The Kier molecular flexibility index (Phi) is 4.03. The largest absolute Gasteiger partial charge is 0.480 e. The Labute approximate surface area is 129 Å². The first kappa shape index (κ1) is 14.2. The van der Waals surface area contributed by atoms with Gasteiger partial charge in [0.1, 0.15) is 17.2 Å². The predicted octanol–water partition coefficient (Wildman–Crippen LogP) is 2.81. The van der Waals surface area contributed by atoms with Crippen LogP contribution in [0.5, 0.6) is 0 Å². The first-order valence-corrected chi connectivity index (χ1v) is 8.45. The minimum Gasteiger partial charge on any atom is -0.480 e.